The minimum atomic E-state index is -1.61. The van der Waals surface area contributed by atoms with Crippen LogP contribution in [0.25, 0.3) is 0 Å². The van der Waals surface area contributed by atoms with Crippen LogP contribution in [0.3, 0.4) is 0 Å². The average Bonchev–Trinajstić information content (AvgIpc) is 1.59. The Kier molecular flexibility index (Phi) is 8.73. The van der Waals surface area contributed by atoms with E-state index in [9.17, 15) is 9.59 Å². The number of halogens is 6. The molecule has 0 rings (SSSR count). The van der Waals surface area contributed by atoms with Gasteiger partial charge in [0.05, 0.1) is 0 Å². The maximum absolute atomic E-state index is 9.43. The van der Waals surface area contributed by atoms with E-state index in [2.05, 4.69) is 23.2 Å². The highest BCUT2D eigenvalue weighted by Crippen LogP contribution is 2.29. The Bertz CT molecular complexity index is 130. The van der Waals surface area contributed by atoms with Gasteiger partial charge < -0.3 is 0 Å². The van der Waals surface area contributed by atoms with Crippen LogP contribution in [0.15, 0.2) is 0 Å². The summed E-state index contributed by atoms with van der Waals surface area (Å²) in [5, 5.41) is -2.28. The zero-order valence-electron chi connectivity index (χ0n) is 4.58. The van der Waals surface area contributed by atoms with Gasteiger partial charge in [0.1, 0.15) is 0 Å². The minimum Gasteiger partial charge on any atom is -0.271 e. The lowest BCUT2D eigenvalue weighted by atomic mass is 10.9. The van der Waals surface area contributed by atoms with Gasteiger partial charge in [-0.2, -0.15) is 0 Å². The Hall–Kier alpha value is 1.08. The van der Waals surface area contributed by atoms with E-state index in [1.807, 2.05) is 0 Å². The van der Waals surface area contributed by atoms with Gasteiger partial charge in [0, 0.05) is 0 Å². The van der Waals surface area contributed by atoms with Gasteiger partial charge in [0.15, 0.2) is 0 Å². The molecule has 0 aromatic rings. The Morgan fingerprint density at radius 1 is 0.818 bits per heavy atom. The maximum atomic E-state index is 9.43. The SMILES string of the molecule is ClC(Cl)(Cl)Cl.O=C(Cl)C(=O)Cl. The van der Waals surface area contributed by atoms with E-state index >= 15 is 0 Å². The highest BCUT2D eigenvalue weighted by molar-refractivity contribution is 6.97. The molecule has 0 aromatic heterocycles. The van der Waals surface area contributed by atoms with Gasteiger partial charge in [-0.15, -0.1) is 0 Å². The van der Waals surface area contributed by atoms with Gasteiger partial charge in [-0.1, -0.05) is 46.4 Å². The lowest BCUT2D eigenvalue weighted by Crippen LogP contribution is -1.94. The summed E-state index contributed by atoms with van der Waals surface area (Å²) >= 11 is 28.3. The van der Waals surface area contributed by atoms with Crippen LogP contribution < -0.4 is 0 Å². The molecule has 0 saturated carbocycles. The molecule has 0 atom stereocenters. The van der Waals surface area contributed by atoms with Crippen LogP contribution in [0.2, 0.25) is 0 Å². The number of rotatable bonds is 1. The van der Waals surface area contributed by atoms with Crippen molar-refractivity contribution < 1.29 is 9.59 Å². The second-order valence-corrected chi connectivity index (χ2v) is 5.09. The van der Waals surface area contributed by atoms with Gasteiger partial charge in [-0.25, -0.2) is 0 Å². The average molecular weight is 281 g/mol. The van der Waals surface area contributed by atoms with Crippen LogP contribution in [0, 0.1) is 0 Å². The first-order valence-electron chi connectivity index (χ1n) is 1.79. The molecule has 0 aliphatic rings. The molecule has 11 heavy (non-hydrogen) atoms. The van der Waals surface area contributed by atoms with Gasteiger partial charge in [0.25, 0.3) is 3.25 Å². The molecule has 0 saturated heterocycles. The van der Waals surface area contributed by atoms with Gasteiger partial charge >= 0.3 is 10.5 Å². The smallest absolute Gasteiger partial charge is 0.271 e. The number of alkyl halides is 4. The number of hydrogen-bond acceptors (Lipinski definition) is 2. The molecule has 0 bridgehead atoms. The van der Waals surface area contributed by atoms with Crippen LogP contribution in [0.5, 0.6) is 0 Å². The van der Waals surface area contributed by atoms with Crippen molar-refractivity contribution in [2.75, 3.05) is 0 Å². The zero-order chi connectivity index (χ0) is 9.65. The molecule has 66 valence electrons. The van der Waals surface area contributed by atoms with Gasteiger partial charge in [0.2, 0.25) is 0 Å². The van der Waals surface area contributed by atoms with Gasteiger partial charge in [-0.3, -0.25) is 9.59 Å². The summed E-state index contributed by atoms with van der Waals surface area (Å²) < 4.78 is -1.61. The normalized spacial score (nSPS) is 9.64. The Morgan fingerprint density at radius 3 is 0.909 bits per heavy atom. The molecule has 0 aliphatic carbocycles. The third-order valence-electron chi connectivity index (χ3n) is 0.155. The van der Waals surface area contributed by atoms with Crippen LogP contribution >= 0.6 is 69.6 Å². The van der Waals surface area contributed by atoms with E-state index in [0.29, 0.717) is 0 Å². The lowest BCUT2D eigenvalue weighted by molar-refractivity contribution is -0.127. The molecule has 0 heterocycles. The lowest BCUT2D eigenvalue weighted by Gasteiger charge is -1.91. The number of hydrogen-bond donors (Lipinski definition) is 0. The monoisotopic (exact) mass is 278 g/mol. The van der Waals surface area contributed by atoms with Crippen LogP contribution in [-0.2, 0) is 9.59 Å². The van der Waals surface area contributed by atoms with E-state index in [1.54, 1.807) is 0 Å². The highest BCUT2D eigenvalue weighted by Gasteiger charge is 2.11. The molecular formula is C3Cl6O2. The third-order valence-corrected chi connectivity index (χ3v) is 0.595. The molecule has 2 nitrogen and oxygen atoms in total. The second-order valence-electron chi connectivity index (χ2n) is 0.976. The van der Waals surface area contributed by atoms with Crippen LogP contribution in [-0.4, -0.2) is 13.7 Å². The van der Waals surface area contributed by atoms with Crippen LogP contribution in [0.1, 0.15) is 0 Å². The summed E-state index contributed by atoms with van der Waals surface area (Å²) in [5.41, 5.74) is 0. The molecule has 0 spiro atoms. The van der Waals surface area contributed by atoms with Crippen molar-refractivity contribution in [3.63, 3.8) is 0 Å². The zero-order valence-corrected chi connectivity index (χ0v) is 9.12. The minimum absolute atomic E-state index is 1.14. The van der Waals surface area contributed by atoms with Crippen molar-refractivity contribution >= 4 is 80.1 Å². The summed E-state index contributed by atoms with van der Waals surface area (Å²) in [7, 11) is 0. The fourth-order valence-corrected chi connectivity index (χ4v) is 0. The first-order chi connectivity index (χ1) is 4.64. The highest BCUT2D eigenvalue weighted by atomic mass is 35.6. The van der Waals surface area contributed by atoms with Crippen molar-refractivity contribution in [1.29, 1.82) is 0 Å². The van der Waals surface area contributed by atoms with E-state index < -0.39 is 13.7 Å². The predicted octanol–water partition coefficient (Wildman–Crippen LogP) is 3.07. The van der Waals surface area contributed by atoms with E-state index in [0.717, 1.165) is 0 Å². The fraction of sp³-hybridized carbons (Fsp3) is 0.333. The Balaban J connectivity index is 0. The summed E-state index contributed by atoms with van der Waals surface area (Å²) in [5.74, 6) is 0. The topological polar surface area (TPSA) is 34.1 Å². The summed E-state index contributed by atoms with van der Waals surface area (Å²) in [6, 6.07) is 0. The number of carbonyl (C=O) groups excluding carboxylic acids is 2. The van der Waals surface area contributed by atoms with E-state index in [4.69, 9.17) is 46.4 Å². The molecule has 0 fully saturated rings. The van der Waals surface area contributed by atoms with Crippen molar-refractivity contribution in [3.8, 4) is 0 Å². The fourth-order valence-electron chi connectivity index (χ4n) is 0. The largest absolute Gasteiger partial charge is 0.304 e. The molecule has 8 heteroatoms. The first-order valence-corrected chi connectivity index (χ1v) is 4.06. The van der Waals surface area contributed by atoms with Crippen molar-refractivity contribution in [3.05, 3.63) is 0 Å². The standard InChI is InChI=1S/C2Cl2O2.CCl4/c3-1(5)2(4)6;2-1(3,4)5. The molecule has 0 unspecified atom stereocenters. The summed E-state index contributed by atoms with van der Waals surface area (Å²) in [4.78, 5) is 18.9. The molecule has 0 N–H and O–H groups in total. The van der Waals surface area contributed by atoms with Gasteiger partial charge in [-0.05, 0) is 23.2 Å². The second kappa shape index (κ2) is 6.58. The predicted molar refractivity (Wildman–Crippen MR) is 47.9 cm³/mol. The van der Waals surface area contributed by atoms with Crippen molar-refractivity contribution in [2.24, 2.45) is 0 Å². The van der Waals surface area contributed by atoms with Crippen molar-refractivity contribution in [1.82, 2.24) is 0 Å². The van der Waals surface area contributed by atoms with E-state index in [1.165, 1.54) is 0 Å². The molecular weight excluding hydrogens is 281 g/mol. The van der Waals surface area contributed by atoms with Crippen LogP contribution in [0.4, 0.5) is 0 Å². The van der Waals surface area contributed by atoms with Crippen molar-refractivity contribution in [2.45, 2.75) is 3.25 Å². The quantitative estimate of drug-likeness (QED) is 0.420. The Morgan fingerprint density at radius 2 is 0.909 bits per heavy atom. The Labute approximate surface area is 92.6 Å². The number of carbonyl (C=O) groups is 2. The molecule has 0 amide bonds. The third kappa shape index (κ3) is 35.4. The molecule has 0 radical (unpaired) electrons. The summed E-state index contributed by atoms with van der Waals surface area (Å²) in [6.45, 7) is 0. The van der Waals surface area contributed by atoms with E-state index in [-0.39, 0.29) is 0 Å². The molecule has 0 aromatic carbocycles. The maximum Gasteiger partial charge on any atom is 0.304 e. The molecule has 0 aliphatic heterocycles. The first kappa shape index (κ1) is 14.6. The summed E-state index contributed by atoms with van der Waals surface area (Å²) in [6.07, 6.45) is 0.